The van der Waals surface area contributed by atoms with Crippen LogP contribution >= 0.6 is 0 Å². The van der Waals surface area contributed by atoms with Crippen molar-refractivity contribution in [2.24, 2.45) is 0 Å². The Bertz CT molecular complexity index is 1340. The van der Waals surface area contributed by atoms with E-state index in [4.69, 9.17) is 0 Å². The van der Waals surface area contributed by atoms with Gasteiger partial charge >= 0.3 is 0 Å². The minimum absolute atomic E-state index is 0.191. The average molecular weight is 483 g/mol. The van der Waals surface area contributed by atoms with Gasteiger partial charge in [-0.05, 0) is 73.0 Å². The molecule has 0 aliphatic heterocycles. The molecular weight excluding hydrogens is 459 g/mol. The maximum atomic E-state index is 13.8. The number of nitrogens with one attached hydrogen (secondary N) is 3. The maximum absolute atomic E-state index is 13.8. The lowest BCUT2D eigenvalue weighted by Gasteiger charge is -2.11. The molecule has 2 amide bonds. The van der Waals surface area contributed by atoms with Crippen molar-refractivity contribution in [2.75, 3.05) is 6.54 Å². The number of hydrazine groups is 1. The molecule has 0 atom stereocenters. The smallest absolute Gasteiger partial charge is 0.266 e. The zero-order valence-electron chi connectivity index (χ0n) is 18.3. The number of pyridine rings is 1. The molecule has 8 nitrogen and oxygen atoms in total. The Hall–Kier alpha value is -3.89. The molecule has 0 spiro atoms. The molecule has 0 bridgehead atoms. The number of sulfonamides is 1. The predicted octanol–water partition coefficient (Wildman–Crippen LogP) is 2.66. The number of carbonyl (C=O) groups is 2. The van der Waals surface area contributed by atoms with Crippen LogP contribution in [-0.2, 0) is 21.2 Å². The molecule has 0 aliphatic rings. The molecule has 0 unspecified atom stereocenters. The summed E-state index contributed by atoms with van der Waals surface area (Å²) in [7, 11) is -4.29. The second-order valence-corrected chi connectivity index (χ2v) is 9.02. The molecule has 0 aliphatic carbocycles. The van der Waals surface area contributed by atoms with E-state index in [0.29, 0.717) is 24.2 Å². The third kappa shape index (κ3) is 6.33. The highest BCUT2D eigenvalue weighted by Gasteiger charge is 2.20. The molecule has 176 valence electrons. The van der Waals surface area contributed by atoms with Crippen LogP contribution in [0.5, 0.6) is 0 Å². The zero-order chi connectivity index (χ0) is 24.7. The molecular formula is C24H23FN4O4S. The van der Waals surface area contributed by atoms with Crippen LogP contribution < -0.4 is 15.6 Å². The summed E-state index contributed by atoms with van der Waals surface area (Å²) >= 11 is 0. The second kappa shape index (κ2) is 10.8. The Morgan fingerprint density at radius 2 is 1.88 bits per heavy atom. The average Bonchev–Trinajstić information content (AvgIpc) is 2.82. The summed E-state index contributed by atoms with van der Waals surface area (Å²) in [5, 5.41) is 2.70. The standard InChI is InChI=1S/C24H23FN4O4S/c1-3-23(30)27-11-9-17-8-10-26-21(14-17)18-12-16(2)13-19(15-18)24(31)28-29-34(32,33)22-7-5-4-6-20(22)25/h3-8,10,12-15,29H,1,9,11H2,2H3,(H,27,30)(H,28,31). The first kappa shape index (κ1) is 24.7. The van der Waals surface area contributed by atoms with E-state index in [-0.39, 0.29) is 11.5 Å². The lowest BCUT2D eigenvalue weighted by Crippen LogP contribution is -2.41. The fourth-order valence-corrected chi connectivity index (χ4v) is 4.07. The second-order valence-electron chi connectivity index (χ2n) is 7.37. The largest absolute Gasteiger partial charge is 0.352 e. The number of nitrogens with zero attached hydrogens (tertiary/aromatic N) is 1. The first-order chi connectivity index (χ1) is 16.2. The van der Waals surface area contributed by atoms with Gasteiger partial charge in [-0.1, -0.05) is 18.7 Å². The van der Waals surface area contributed by atoms with E-state index >= 15 is 0 Å². The number of benzene rings is 2. The van der Waals surface area contributed by atoms with Crippen LogP contribution in [-0.4, -0.2) is 31.8 Å². The molecule has 10 heteroatoms. The highest BCUT2D eigenvalue weighted by Crippen LogP contribution is 2.22. The molecule has 0 radical (unpaired) electrons. The monoisotopic (exact) mass is 482 g/mol. The van der Waals surface area contributed by atoms with E-state index in [1.54, 1.807) is 25.3 Å². The van der Waals surface area contributed by atoms with Crippen molar-refractivity contribution in [1.29, 1.82) is 0 Å². The van der Waals surface area contributed by atoms with E-state index in [0.717, 1.165) is 23.3 Å². The zero-order valence-corrected chi connectivity index (χ0v) is 19.2. The van der Waals surface area contributed by atoms with Crippen molar-refractivity contribution in [3.63, 3.8) is 0 Å². The summed E-state index contributed by atoms with van der Waals surface area (Å²) in [5.41, 5.74) is 5.25. The normalized spacial score (nSPS) is 11.0. The maximum Gasteiger partial charge on any atom is 0.266 e. The molecule has 0 fully saturated rings. The number of hydrogen-bond acceptors (Lipinski definition) is 5. The summed E-state index contributed by atoms with van der Waals surface area (Å²) in [6, 6.07) is 13.5. The fourth-order valence-electron chi connectivity index (χ4n) is 3.16. The Labute approximate surface area is 196 Å². The number of carbonyl (C=O) groups excluding carboxylic acids is 2. The Morgan fingerprint density at radius 3 is 2.62 bits per heavy atom. The van der Waals surface area contributed by atoms with Gasteiger partial charge in [0.1, 0.15) is 10.7 Å². The van der Waals surface area contributed by atoms with E-state index < -0.39 is 26.6 Å². The van der Waals surface area contributed by atoms with Gasteiger partial charge in [0.25, 0.3) is 15.9 Å². The molecule has 0 saturated carbocycles. The van der Waals surface area contributed by atoms with Crippen molar-refractivity contribution in [3.05, 3.63) is 96.0 Å². The molecule has 3 rings (SSSR count). The van der Waals surface area contributed by atoms with Gasteiger partial charge in [0.05, 0.1) is 5.69 Å². The number of hydrogen-bond donors (Lipinski definition) is 3. The third-order valence-electron chi connectivity index (χ3n) is 4.78. The highest BCUT2D eigenvalue weighted by atomic mass is 32.2. The SMILES string of the molecule is C=CC(=O)NCCc1ccnc(-c2cc(C)cc(C(=O)NNS(=O)(=O)c3ccccc3F)c2)c1. The van der Waals surface area contributed by atoms with Gasteiger partial charge in [0.15, 0.2) is 0 Å². The van der Waals surface area contributed by atoms with Crippen LogP contribution in [0, 0.1) is 12.7 Å². The minimum Gasteiger partial charge on any atom is -0.352 e. The highest BCUT2D eigenvalue weighted by molar-refractivity contribution is 7.89. The Morgan fingerprint density at radius 1 is 1.12 bits per heavy atom. The number of halogens is 1. The number of aromatic nitrogens is 1. The van der Waals surface area contributed by atoms with Crippen LogP contribution in [0.2, 0.25) is 0 Å². The van der Waals surface area contributed by atoms with Gasteiger partial charge in [-0.3, -0.25) is 20.0 Å². The van der Waals surface area contributed by atoms with Gasteiger partial charge in [-0.25, -0.2) is 12.8 Å². The molecule has 3 aromatic rings. The fraction of sp³-hybridized carbons (Fsp3) is 0.125. The van der Waals surface area contributed by atoms with Crippen molar-refractivity contribution in [1.82, 2.24) is 20.6 Å². The van der Waals surface area contributed by atoms with Crippen LogP contribution in [0.3, 0.4) is 0 Å². The van der Waals surface area contributed by atoms with Crippen LogP contribution in [0.1, 0.15) is 21.5 Å². The van der Waals surface area contributed by atoms with Gasteiger partial charge in [0.2, 0.25) is 5.91 Å². The number of aryl methyl sites for hydroxylation is 1. The van der Waals surface area contributed by atoms with Crippen LogP contribution in [0.4, 0.5) is 4.39 Å². The van der Waals surface area contributed by atoms with E-state index in [1.807, 2.05) is 23.0 Å². The summed E-state index contributed by atoms with van der Waals surface area (Å²) in [6.45, 7) is 5.63. The molecule has 0 saturated heterocycles. The van der Waals surface area contributed by atoms with Gasteiger partial charge in [-0.2, -0.15) is 0 Å². The summed E-state index contributed by atoms with van der Waals surface area (Å²) in [5.74, 6) is -1.90. The van der Waals surface area contributed by atoms with Gasteiger partial charge in [0, 0.05) is 23.9 Å². The topological polar surface area (TPSA) is 117 Å². The summed E-state index contributed by atoms with van der Waals surface area (Å²) in [4.78, 5) is 29.6. The third-order valence-corrected chi connectivity index (χ3v) is 6.06. The molecule has 34 heavy (non-hydrogen) atoms. The van der Waals surface area contributed by atoms with E-state index in [9.17, 15) is 22.4 Å². The molecule has 3 N–H and O–H groups in total. The Balaban J connectivity index is 1.75. The quantitative estimate of drug-likeness (QED) is 0.320. The molecule has 1 heterocycles. The first-order valence-electron chi connectivity index (χ1n) is 10.2. The van der Waals surface area contributed by atoms with Crippen LogP contribution in [0.15, 0.2) is 78.3 Å². The number of rotatable bonds is 9. The van der Waals surface area contributed by atoms with Crippen molar-refractivity contribution >= 4 is 21.8 Å². The summed E-state index contributed by atoms with van der Waals surface area (Å²) < 4.78 is 38.5. The van der Waals surface area contributed by atoms with Crippen molar-refractivity contribution in [2.45, 2.75) is 18.2 Å². The van der Waals surface area contributed by atoms with Crippen molar-refractivity contribution < 1.29 is 22.4 Å². The molecule has 2 aromatic carbocycles. The lowest BCUT2D eigenvalue weighted by atomic mass is 10.0. The first-order valence-corrected chi connectivity index (χ1v) is 11.7. The predicted molar refractivity (Wildman–Crippen MR) is 126 cm³/mol. The number of amides is 2. The molecule has 1 aromatic heterocycles. The minimum atomic E-state index is -4.29. The van der Waals surface area contributed by atoms with Crippen LogP contribution in [0.25, 0.3) is 11.3 Å². The van der Waals surface area contributed by atoms with Gasteiger partial charge in [-0.15, -0.1) is 4.83 Å². The van der Waals surface area contributed by atoms with Crippen molar-refractivity contribution in [3.8, 4) is 11.3 Å². The van der Waals surface area contributed by atoms with E-state index in [2.05, 4.69) is 22.3 Å². The van der Waals surface area contributed by atoms with E-state index in [1.165, 1.54) is 18.2 Å². The lowest BCUT2D eigenvalue weighted by molar-refractivity contribution is -0.116. The Kier molecular flexibility index (Phi) is 7.87. The van der Waals surface area contributed by atoms with Gasteiger partial charge < -0.3 is 5.32 Å². The summed E-state index contributed by atoms with van der Waals surface area (Å²) in [6.07, 6.45) is 3.41.